The largest absolute Gasteiger partial charge is 0.447 e. The van der Waals surface area contributed by atoms with E-state index < -0.39 is 6.10 Å². The summed E-state index contributed by atoms with van der Waals surface area (Å²) in [6.07, 6.45) is 7.84. The Kier molecular flexibility index (Phi) is 17.6. The van der Waals surface area contributed by atoms with Crippen molar-refractivity contribution in [1.29, 1.82) is 0 Å². The number of carbonyl (C=O) groups excluding carboxylic acids is 2. The predicted octanol–water partition coefficient (Wildman–Crippen LogP) is 3.84. The van der Waals surface area contributed by atoms with Gasteiger partial charge in [0.15, 0.2) is 0 Å². The third kappa shape index (κ3) is 15.0. The summed E-state index contributed by atoms with van der Waals surface area (Å²) in [5.41, 5.74) is 0.787. The summed E-state index contributed by atoms with van der Waals surface area (Å²) in [4.78, 5) is 26.0. The first-order chi connectivity index (χ1) is 21.3. The molecule has 1 unspecified atom stereocenters. The second-order valence-corrected chi connectivity index (χ2v) is 13.3. The van der Waals surface area contributed by atoms with E-state index >= 15 is 0 Å². The summed E-state index contributed by atoms with van der Waals surface area (Å²) in [7, 11) is 1.59. The standard InChI is InChI=1S/C34H61N3O8/c1-24(22-34(6,7)45-28(5)32(41-8)27(4)38)10-9-11-25(2)31-26(3)12-13-29(44-31)23-36-30(39)14-19-42-20-21-43-33(40)37-17-15-35-16-18-37/h9-11,24,26-29,31-32,35,38H,12-23H2,1-8H3,(H,36,39)/b10-9+,25-11+/t24-,26+,27-,28?,29-,31-,32+/m1/s1. The van der Waals surface area contributed by atoms with E-state index in [1.165, 1.54) is 0 Å². The molecule has 0 aromatic rings. The first-order valence-electron chi connectivity index (χ1n) is 16.7. The Bertz CT molecular complexity index is 934. The molecule has 2 saturated heterocycles. The Hall–Kier alpha value is -2.02. The number of carbonyl (C=O) groups is 2. The molecule has 2 heterocycles. The van der Waals surface area contributed by atoms with Crippen LogP contribution in [0.5, 0.6) is 0 Å². The normalized spacial score (nSPS) is 24.2. The summed E-state index contributed by atoms with van der Waals surface area (Å²) >= 11 is 0. The molecular formula is C34H61N3O8. The molecule has 45 heavy (non-hydrogen) atoms. The van der Waals surface area contributed by atoms with Crippen molar-refractivity contribution in [2.75, 3.05) is 59.7 Å². The third-order valence-electron chi connectivity index (χ3n) is 8.40. The van der Waals surface area contributed by atoms with E-state index in [0.29, 0.717) is 25.6 Å². The van der Waals surface area contributed by atoms with Gasteiger partial charge in [-0.3, -0.25) is 4.79 Å². The van der Waals surface area contributed by atoms with Gasteiger partial charge in [0.2, 0.25) is 5.91 Å². The van der Waals surface area contributed by atoms with Gasteiger partial charge in [0.25, 0.3) is 0 Å². The number of rotatable bonds is 18. The number of piperazine rings is 1. The lowest BCUT2D eigenvalue weighted by Gasteiger charge is -2.35. The number of ether oxygens (including phenoxy) is 5. The van der Waals surface area contributed by atoms with E-state index in [0.717, 1.165) is 37.9 Å². The molecule has 3 N–H and O–H groups in total. The highest BCUT2D eigenvalue weighted by atomic mass is 16.6. The highest BCUT2D eigenvalue weighted by molar-refractivity contribution is 5.75. The first-order valence-corrected chi connectivity index (χ1v) is 16.7. The Labute approximate surface area is 271 Å². The Morgan fingerprint density at radius 1 is 1.13 bits per heavy atom. The van der Waals surface area contributed by atoms with Gasteiger partial charge in [0.05, 0.1) is 43.2 Å². The zero-order valence-corrected chi connectivity index (χ0v) is 29.0. The number of nitrogens with one attached hydrogen (secondary N) is 2. The fourth-order valence-corrected chi connectivity index (χ4v) is 6.16. The smallest absolute Gasteiger partial charge is 0.409 e. The average Bonchev–Trinajstić information content (AvgIpc) is 2.98. The molecule has 0 saturated carbocycles. The van der Waals surface area contributed by atoms with Crippen LogP contribution in [-0.2, 0) is 28.5 Å². The molecule has 0 spiro atoms. The molecule has 2 aliphatic heterocycles. The molecular weight excluding hydrogens is 578 g/mol. The summed E-state index contributed by atoms with van der Waals surface area (Å²) in [5.74, 6) is 0.595. The van der Waals surface area contributed by atoms with Crippen LogP contribution < -0.4 is 10.6 Å². The van der Waals surface area contributed by atoms with Crippen LogP contribution >= 0.6 is 0 Å². The maximum Gasteiger partial charge on any atom is 0.409 e. The van der Waals surface area contributed by atoms with Gasteiger partial charge < -0.3 is 44.3 Å². The number of methoxy groups -OCH3 is 1. The molecule has 2 amide bonds. The monoisotopic (exact) mass is 639 g/mol. The zero-order valence-electron chi connectivity index (χ0n) is 29.0. The number of allylic oxidation sites excluding steroid dienone is 3. The summed E-state index contributed by atoms with van der Waals surface area (Å²) < 4.78 is 28.8. The van der Waals surface area contributed by atoms with Crippen LogP contribution in [0.1, 0.15) is 74.1 Å². The van der Waals surface area contributed by atoms with Crippen LogP contribution in [0.15, 0.2) is 23.8 Å². The zero-order chi connectivity index (χ0) is 33.4. The van der Waals surface area contributed by atoms with Gasteiger partial charge in [-0.15, -0.1) is 0 Å². The van der Waals surface area contributed by atoms with E-state index in [1.54, 1.807) is 18.9 Å². The molecule has 2 fully saturated rings. The van der Waals surface area contributed by atoms with E-state index in [-0.39, 0.29) is 74.2 Å². The van der Waals surface area contributed by atoms with E-state index in [4.69, 9.17) is 23.7 Å². The van der Waals surface area contributed by atoms with Crippen molar-refractivity contribution < 1.29 is 38.4 Å². The predicted molar refractivity (Wildman–Crippen MR) is 175 cm³/mol. The van der Waals surface area contributed by atoms with Crippen molar-refractivity contribution in [2.24, 2.45) is 11.8 Å². The molecule has 0 radical (unpaired) electrons. The molecule has 11 nitrogen and oxygen atoms in total. The summed E-state index contributed by atoms with van der Waals surface area (Å²) in [6, 6.07) is 0. The van der Waals surface area contributed by atoms with Crippen molar-refractivity contribution in [3.8, 4) is 0 Å². The SMILES string of the molecule is CO[C@H](C(C)OC(C)(C)C[C@H](C)/C=C/C=C(\C)[C@H]1O[C@@H](CNC(=O)CCOCCOC(=O)N2CCNCC2)CC[C@@H]1C)[C@@H](C)O. The van der Waals surface area contributed by atoms with Crippen molar-refractivity contribution >= 4 is 12.0 Å². The second kappa shape index (κ2) is 20.3. The maximum atomic E-state index is 12.4. The van der Waals surface area contributed by atoms with Crippen molar-refractivity contribution in [2.45, 2.75) is 110 Å². The van der Waals surface area contributed by atoms with Gasteiger partial charge in [-0.2, -0.15) is 0 Å². The summed E-state index contributed by atoms with van der Waals surface area (Å²) in [6.45, 7) is 18.3. The molecule has 0 bridgehead atoms. The van der Waals surface area contributed by atoms with Gasteiger partial charge in [-0.25, -0.2) is 4.79 Å². The average molecular weight is 640 g/mol. The highest BCUT2D eigenvalue weighted by Gasteiger charge is 2.31. The second-order valence-electron chi connectivity index (χ2n) is 13.3. The fourth-order valence-electron chi connectivity index (χ4n) is 6.16. The minimum atomic E-state index is -0.607. The lowest BCUT2D eigenvalue weighted by Crippen LogP contribution is -2.46. The highest BCUT2D eigenvalue weighted by Crippen LogP contribution is 2.29. The molecule has 260 valence electrons. The number of nitrogens with zero attached hydrogens (tertiary/aromatic N) is 1. The van der Waals surface area contributed by atoms with Crippen LogP contribution in [0.4, 0.5) is 4.79 Å². The van der Waals surface area contributed by atoms with E-state index in [1.807, 2.05) is 6.92 Å². The number of amides is 2. The number of aliphatic hydroxyl groups is 1. The molecule has 0 aromatic carbocycles. The number of hydrogen-bond acceptors (Lipinski definition) is 9. The van der Waals surface area contributed by atoms with Crippen LogP contribution in [0.25, 0.3) is 0 Å². The molecule has 11 heteroatoms. The molecule has 0 aromatic heterocycles. The fraction of sp³-hybridized carbons (Fsp3) is 0.824. The van der Waals surface area contributed by atoms with Gasteiger partial charge >= 0.3 is 6.09 Å². The number of aliphatic hydroxyl groups excluding tert-OH is 1. The minimum absolute atomic E-state index is 0.0000704. The molecule has 7 atom stereocenters. The van der Waals surface area contributed by atoms with Crippen molar-refractivity contribution in [3.63, 3.8) is 0 Å². The Balaban J connectivity index is 1.69. The molecule has 2 rings (SSSR count). The van der Waals surface area contributed by atoms with E-state index in [2.05, 4.69) is 63.5 Å². The van der Waals surface area contributed by atoms with Crippen LogP contribution in [0, 0.1) is 11.8 Å². The lowest BCUT2D eigenvalue weighted by atomic mass is 9.89. The van der Waals surface area contributed by atoms with Crippen molar-refractivity contribution in [1.82, 2.24) is 15.5 Å². The molecule has 0 aliphatic carbocycles. The molecule has 2 aliphatic rings. The van der Waals surface area contributed by atoms with Gasteiger partial charge in [-0.1, -0.05) is 32.1 Å². The Morgan fingerprint density at radius 2 is 1.84 bits per heavy atom. The lowest BCUT2D eigenvalue weighted by molar-refractivity contribution is -0.149. The van der Waals surface area contributed by atoms with Gasteiger partial charge in [-0.05, 0) is 71.3 Å². The quantitative estimate of drug-likeness (QED) is 0.151. The first kappa shape index (κ1) is 39.2. The minimum Gasteiger partial charge on any atom is -0.447 e. The van der Waals surface area contributed by atoms with E-state index in [9.17, 15) is 14.7 Å². The number of hydrogen-bond donors (Lipinski definition) is 3. The van der Waals surface area contributed by atoms with Gasteiger partial charge in [0, 0.05) is 46.3 Å². The summed E-state index contributed by atoms with van der Waals surface area (Å²) in [5, 5.41) is 16.1. The Morgan fingerprint density at radius 3 is 2.51 bits per heavy atom. The van der Waals surface area contributed by atoms with Gasteiger partial charge in [0.1, 0.15) is 12.7 Å². The van der Waals surface area contributed by atoms with Crippen LogP contribution in [0.2, 0.25) is 0 Å². The van der Waals surface area contributed by atoms with Crippen LogP contribution in [0.3, 0.4) is 0 Å². The van der Waals surface area contributed by atoms with Crippen molar-refractivity contribution in [3.05, 3.63) is 23.8 Å². The maximum absolute atomic E-state index is 12.4. The topological polar surface area (TPSA) is 128 Å². The third-order valence-corrected chi connectivity index (χ3v) is 8.40. The van der Waals surface area contributed by atoms with Crippen LogP contribution in [-0.4, -0.2) is 118 Å².